The zero-order chi connectivity index (χ0) is 17.9. The zero-order valence-electron chi connectivity index (χ0n) is 14.2. The van der Waals surface area contributed by atoms with Gasteiger partial charge in [-0.25, -0.2) is 4.98 Å². The number of nitrogens with one attached hydrogen (secondary N) is 1. The molecule has 0 aliphatic carbocycles. The Morgan fingerprint density at radius 3 is 2.77 bits per heavy atom. The van der Waals surface area contributed by atoms with Crippen LogP contribution < -0.4 is 5.32 Å². The summed E-state index contributed by atoms with van der Waals surface area (Å²) in [5.74, 6) is 1.70. The summed E-state index contributed by atoms with van der Waals surface area (Å²) in [7, 11) is 0. The Morgan fingerprint density at radius 2 is 1.92 bits per heavy atom. The van der Waals surface area contributed by atoms with Gasteiger partial charge in [0.15, 0.2) is 11.5 Å². The van der Waals surface area contributed by atoms with E-state index in [0.29, 0.717) is 29.7 Å². The van der Waals surface area contributed by atoms with Crippen LogP contribution in [0.4, 0.5) is 0 Å². The van der Waals surface area contributed by atoms with Gasteiger partial charge in [-0.05, 0) is 31.2 Å². The molecule has 26 heavy (non-hydrogen) atoms. The first kappa shape index (κ1) is 16.0. The van der Waals surface area contributed by atoms with Crippen LogP contribution in [0.15, 0.2) is 59.1 Å². The van der Waals surface area contributed by atoms with Gasteiger partial charge in [-0.1, -0.05) is 24.3 Å². The van der Waals surface area contributed by atoms with Crippen molar-refractivity contribution in [2.75, 3.05) is 0 Å². The quantitative estimate of drug-likeness (QED) is 0.600. The molecule has 1 aromatic carbocycles. The number of carbonyl (C=O) groups is 1. The maximum atomic E-state index is 12.3. The molecule has 0 radical (unpaired) electrons. The van der Waals surface area contributed by atoms with Gasteiger partial charge in [0.05, 0.1) is 18.7 Å². The monoisotopic (exact) mass is 347 g/mol. The number of hydrogen-bond acceptors (Lipinski definition) is 5. The third-order valence-corrected chi connectivity index (χ3v) is 4.07. The molecule has 0 unspecified atom stereocenters. The second-order valence-corrected chi connectivity index (χ2v) is 5.89. The fourth-order valence-electron chi connectivity index (χ4n) is 2.70. The first-order valence-electron chi connectivity index (χ1n) is 8.28. The maximum Gasteiger partial charge on any atom is 0.226 e. The van der Waals surface area contributed by atoms with E-state index >= 15 is 0 Å². The molecule has 3 heterocycles. The van der Waals surface area contributed by atoms with E-state index in [1.165, 1.54) is 0 Å². The molecule has 0 aliphatic rings. The first-order valence-corrected chi connectivity index (χ1v) is 8.28. The van der Waals surface area contributed by atoms with Crippen molar-refractivity contribution in [2.45, 2.75) is 19.9 Å². The predicted octanol–water partition coefficient (Wildman–Crippen LogP) is 2.55. The summed E-state index contributed by atoms with van der Waals surface area (Å²) in [4.78, 5) is 16.7. The van der Waals surface area contributed by atoms with E-state index in [1.807, 2.05) is 66.1 Å². The van der Waals surface area contributed by atoms with E-state index in [-0.39, 0.29) is 12.3 Å². The van der Waals surface area contributed by atoms with Crippen LogP contribution in [-0.4, -0.2) is 25.5 Å². The van der Waals surface area contributed by atoms with Gasteiger partial charge in [0.25, 0.3) is 0 Å². The number of hydrogen-bond donors (Lipinski definition) is 1. The van der Waals surface area contributed by atoms with Gasteiger partial charge in [0.1, 0.15) is 5.76 Å². The Hall–Kier alpha value is -3.48. The highest BCUT2D eigenvalue weighted by molar-refractivity contribution is 5.78. The van der Waals surface area contributed by atoms with Gasteiger partial charge >= 0.3 is 0 Å². The molecule has 1 amide bonds. The van der Waals surface area contributed by atoms with Crippen LogP contribution in [0.3, 0.4) is 0 Å². The molecule has 4 rings (SSSR count). The van der Waals surface area contributed by atoms with Crippen LogP contribution in [0.25, 0.3) is 17.1 Å². The third-order valence-electron chi connectivity index (χ3n) is 4.07. The van der Waals surface area contributed by atoms with Crippen molar-refractivity contribution in [1.29, 1.82) is 0 Å². The molecule has 1 N–H and O–H groups in total. The fourth-order valence-corrected chi connectivity index (χ4v) is 2.70. The van der Waals surface area contributed by atoms with E-state index in [9.17, 15) is 4.79 Å². The molecule has 130 valence electrons. The van der Waals surface area contributed by atoms with E-state index in [0.717, 1.165) is 11.2 Å². The van der Waals surface area contributed by atoms with Crippen molar-refractivity contribution < 1.29 is 9.21 Å². The summed E-state index contributed by atoms with van der Waals surface area (Å²) < 4.78 is 7.53. The summed E-state index contributed by atoms with van der Waals surface area (Å²) >= 11 is 0. The molecule has 4 aromatic rings. The summed E-state index contributed by atoms with van der Waals surface area (Å²) in [6.07, 6.45) is 2.02. The van der Waals surface area contributed by atoms with Crippen LogP contribution in [0.2, 0.25) is 0 Å². The highest BCUT2D eigenvalue weighted by Crippen LogP contribution is 2.21. The number of aromatic nitrogens is 4. The molecular formula is C19H17N5O2. The molecule has 0 bridgehead atoms. The highest BCUT2D eigenvalue weighted by atomic mass is 16.4. The molecular weight excluding hydrogens is 330 g/mol. The molecule has 0 spiro atoms. The lowest BCUT2D eigenvalue weighted by molar-refractivity contribution is -0.120. The number of rotatable bonds is 5. The van der Waals surface area contributed by atoms with Crippen LogP contribution >= 0.6 is 0 Å². The van der Waals surface area contributed by atoms with Gasteiger partial charge in [-0.15, -0.1) is 10.2 Å². The van der Waals surface area contributed by atoms with E-state index in [4.69, 9.17) is 4.42 Å². The largest absolute Gasteiger partial charge is 0.441 e. The average molecular weight is 347 g/mol. The summed E-state index contributed by atoms with van der Waals surface area (Å²) in [6, 6.07) is 15.3. The van der Waals surface area contributed by atoms with Crippen LogP contribution in [-0.2, 0) is 17.8 Å². The molecule has 0 saturated heterocycles. The number of nitrogens with zero attached hydrogens (tertiary/aromatic N) is 4. The number of carbonyl (C=O) groups excluding carboxylic acids is 1. The number of benzene rings is 1. The third kappa shape index (κ3) is 3.19. The van der Waals surface area contributed by atoms with E-state index < -0.39 is 0 Å². The van der Waals surface area contributed by atoms with E-state index in [2.05, 4.69) is 20.5 Å². The molecule has 0 saturated carbocycles. The highest BCUT2D eigenvalue weighted by Gasteiger charge is 2.15. The SMILES string of the molecule is Cc1oc(-c2ccccc2)nc1CC(=O)NCc1nnc2ccccn12. The topological polar surface area (TPSA) is 85.3 Å². The van der Waals surface area contributed by atoms with Crippen molar-refractivity contribution in [3.05, 3.63) is 72.0 Å². The predicted molar refractivity (Wildman–Crippen MR) is 95.2 cm³/mol. The first-order chi connectivity index (χ1) is 12.7. The van der Waals surface area contributed by atoms with Gasteiger partial charge < -0.3 is 9.73 Å². The maximum absolute atomic E-state index is 12.3. The van der Waals surface area contributed by atoms with Crippen molar-refractivity contribution in [3.8, 4) is 11.5 Å². The normalized spacial score (nSPS) is 11.0. The van der Waals surface area contributed by atoms with Crippen molar-refractivity contribution in [3.63, 3.8) is 0 Å². The van der Waals surface area contributed by atoms with Crippen molar-refractivity contribution in [1.82, 2.24) is 24.9 Å². The number of fused-ring (bicyclic) bond motifs is 1. The van der Waals surface area contributed by atoms with Crippen LogP contribution in [0.1, 0.15) is 17.3 Å². The van der Waals surface area contributed by atoms with Gasteiger partial charge in [0, 0.05) is 11.8 Å². The zero-order valence-corrected chi connectivity index (χ0v) is 14.2. The minimum Gasteiger partial charge on any atom is -0.441 e. The smallest absolute Gasteiger partial charge is 0.226 e. The Kier molecular flexibility index (Phi) is 4.18. The Balaban J connectivity index is 1.43. The lowest BCUT2D eigenvalue weighted by Crippen LogP contribution is -2.26. The standard InChI is InChI=1S/C19H17N5O2/c1-13-15(21-19(26-13)14-7-3-2-4-8-14)11-18(25)20-12-17-23-22-16-9-5-6-10-24(16)17/h2-10H,11-12H2,1H3,(H,20,25). The van der Waals surface area contributed by atoms with Gasteiger partial charge in [0.2, 0.25) is 11.8 Å². The number of aryl methyl sites for hydroxylation is 1. The summed E-state index contributed by atoms with van der Waals surface area (Å²) in [6.45, 7) is 2.11. The molecule has 7 nitrogen and oxygen atoms in total. The molecule has 0 atom stereocenters. The molecule has 7 heteroatoms. The van der Waals surface area contributed by atoms with E-state index in [1.54, 1.807) is 0 Å². The fraction of sp³-hybridized carbons (Fsp3) is 0.158. The lowest BCUT2D eigenvalue weighted by atomic mass is 10.2. The van der Waals surface area contributed by atoms with Gasteiger partial charge in [-0.2, -0.15) is 0 Å². The second-order valence-electron chi connectivity index (χ2n) is 5.89. The molecule has 0 fully saturated rings. The van der Waals surface area contributed by atoms with Crippen LogP contribution in [0, 0.1) is 6.92 Å². The Labute approximate surface area is 149 Å². The number of oxazole rings is 1. The minimum atomic E-state index is -0.145. The second kappa shape index (κ2) is 6.79. The molecule has 0 aliphatic heterocycles. The Morgan fingerprint density at radius 1 is 1.12 bits per heavy atom. The van der Waals surface area contributed by atoms with Crippen LogP contribution in [0.5, 0.6) is 0 Å². The average Bonchev–Trinajstić information content (AvgIpc) is 3.25. The molecule has 3 aromatic heterocycles. The summed E-state index contributed by atoms with van der Waals surface area (Å²) in [5, 5.41) is 11.0. The minimum absolute atomic E-state index is 0.145. The number of pyridine rings is 1. The van der Waals surface area contributed by atoms with Gasteiger partial charge in [-0.3, -0.25) is 9.20 Å². The number of amides is 1. The van der Waals surface area contributed by atoms with Crippen molar-refractivity contribution >= 4 is 11.6 Å². The van der Waals surface area contributed by atoms with Crippen molar-refractivity contribution in [2.24, 2.45) is 0 Å². The summed E-state index contributed by atoms with van der Waals surface area (Å²) in [5.41, 5.74) is 2.27. The lowest BCUT2D eigenvalue weighted by Gasteiger charge is -2.03. The Bertz CT molecular complexity index is 1050.